The van der Waals surface area contributed by atoms with Gasteiger partial charge in [0.25, 0.3) is 0 Å². The van der Waals surface area contributed by atoms with Gasteiger partial charge in [0, 0.05) is 18.0 Å². The van der Waals surface area contributed by atoms with Crippen LogP contribution in [0.4, 0.5) is 4.39 Å². The van der Waals surface area contributed by atoms with Gasteiger partial charge in [-0.05, 0) is 42.0 Å². The van der Waals surface area contributed by atoms with E-state index < -0.39 is 27.9 Å². The molecule has 2 aromatic carbocycles. The van der Waals surface area contributed by atoms with Crippen LogP contribution in [0.5, 0.6) is 0 Å². The number of methoxy groups -OCH3 is 1. The summed E-state index contributed by atoms with van der Waals surface area (Å²) in [6.45, 7) is 0.398. The molecule has 0 aliphatic carbocycles. The Hall–Kier alpha value is -2.75. The molecule has 0 radical (unpaired) electrons. The van der Waals surface area contributed by atoms with Crippen molar-refractivity contribution in [3.63, 3.8) is 0 Å². The van der Waals surface area contributed by atoms with Crippen molar-refractivity contribution in [3.05, 3.63) is 82.6 Å². The average Bonchev–Trinajstić information content (AvgIpc) is 3.16. The van der Waals surface area contributed by atoms with Crippen LogP contribution in [-0.4, -0.2) is 41.4 Å². The van der Waals surface area contributed by atoms with Gasteiger partial charge in [-0.1, -0.05) is 23.7 Å². The maximum absolute atomic E-state index is 13.3. The molecule has 0 fully saturated rings. The first-order valence-electron chi connectivity index (χ1n) is 9.42. The molecule has 7 nitrogen and oxygen atoms in total. The predicted octanol–water partition coefficient (Wildman–Crippen LogP) is 3.01. The van der Waals surface area contributed by atoms with Crippen LogP contribution in [0, 0.1) is 5.82 Å². The molecule has 1 aliphatic heterocycles. The van der Waals surface area contributed by atoms with E-state index in [2.05, 4.69) is 4.98 Å². The van der Waals surface area contributed by atoms with Crippen molar-refractivity contribution in [2.45, 2.75) is 30.4 Å². The highest BCUT2D eigenvalue weighted by atomic mass is 35.5. The molecule has 0 bridgehead atoms. The van der Waals surface area contributed by atoms with E-state index in [4.69, 9.17) is 16.3 Å². The van der Waals surface area contributed by atoms with Gasteiger partial charge in [0.15, 0.2) is 0 Å². The van der Waals surface area contributed by atoms with Crippen LogP contribution >= 0.6 is 11.6 Å². The zero-order chi connectivity index (χ0) is 22.2. The molecule has 0 spiro atoms. The van der Waals surface area contributed by atoms with Crippen LogP contribution in [0.25, 0.3) is 0 Å². The molecule has 0 N–H and O–H groups in total. The third-order valence-electron chi connectivity index (χ3n) is 5.23. The lowest BCUT2D eigenvalue weighted by atomic mass is 10.1. The maximum Gasteiger partial charge on any atom is 0.324 e. The van der Waals surface area contributed by atoms with Crippen LogP contribution in [-0.2, 0) is 39.1 Å². The Morgan fingerprint density at radius 2 is 1.87 bits per heavy atom. The SMILES string of the molecule is COC(=O)[C@@H]1Cc2ncn(Cc3ccc(Cl)cc3)c2CN1S(=O)(=O)c1ccc(F)cc1. The molecule has 0 saturated heterocycles. The van der Waals surface area contributed by atoms with Crippen LogP contribution in [0.3, 0.4) is 0 Å². The summed E-state index contributed by atoms with van der Waals surface area (Å²) < 4.78 is 47.7. The van der Waals surface area contributed by atoms with Crippen LogP contribution in [0.2, 0.25) is 5.02 Å². The number of halogens is 2. The molecular formula is C21H19ClFN3O4S. The summed E-state index contributed by atoms with van der Waals surface area (Å²) in [4.78, 5) is 16.7. The molecule has 3 aromatic rings. The fourth-order valence-corrected chi connectivity index (χ4v) is 5.26. The number of imidazole rings is 1. The van der Waals surface area contributed by atoms with E-state index in [-0.39, 0.29) is 17.9 Å². The highest BCUT2D eigenvalue weighted by molar-refractivity contribution is 7.89. The number of carbonyl (C=O) groups is 1. The Balaban J connectivity index is 1.71. The lowest BCUT2D eigenvalue weighted by Gasteiger charge is -2.33. The second-order valence-electron chi connectivity index (χ2n) is 7.14. The summed E-state index contributed by atoms with van der Waals surface area (Å²) in [7, 11) is -2.88. The molecule has 4 rings (SSSR count). The molecule has 0 unspecified atom stereocenters. The van der Waals surface area contributed by atoms with Gasteiger partial charge in [0.2, 0.25) is 10.0 Å². The summed E-state index contributed by atoms with van der Waals surface area (Å²) in [6.07, 6.45) is 1.71. The zero-order valence-electron chi connectivity index (χ0n) is 16.5. The second kappa shape index (κ2) is 8.41. The molecule has 0 amide bonds. The number of hydrogen-bond donors (Lipinski definition) is 0. The van der Waals surface area contributed by atoms with E-state index in [1.807, 2.05) is 16.7 Å². The number of ether oxygens (including phenoxy) is 1. The third-order valence-corrected chi connectivity index (χ3v) is 7.35. The summed E-state index contributed by atoms with van der Waals surface area (Å²) in [5, 5.41) is 0.619. The van der Waals surface area contributed by atoms with E-state index in [0.29, 0.717) is 23.0 Å². The number of hydrogen-bond acceptors (Lipinski definition) is 5. The lowest BCUT2D eigenvalue weighted by molar-refractivity contribution is -0.145. The van der Waals surface area contributed by atoms with Gasteiger partial charge in [-0.15, -0.1) is 0 Å². The van der Waals surface area contributed by atoms with Gasteiger partial charge in [-0.2, -0.15) is 4.31 Å². The highest BCUT2D eigenvalue weighted by Gasteiger charge is 2.42. The number of rotatable bonds is 5. The molecule has 1 atom stereocenters. The molecule has 1 aliphatic rings. The summed E-state index contributed by atoms with van der Waals surface area (Å²) in [6, 6.07) is 10.7. The molecular weight excluding hydrogens is 445 g/mol. The second-order valence-corrected chi connectivity index (χ2v) is 9.47. The minimum Gasteiger partial charge on any atom is -0.468 e. The predicted molar refractivity (Wildman–Crippen MR) is 111 cm³/mol. The van der Waals surface area contributed by atoms with Gasteiger partial charge in [0.1, 0.15) is 11.9 Å². The minimum atomic E-state index is -4.09. The van der Waals surface area contributed by atoms with Gasteiger partial charge >= 0.3 is 5.97 Å². The first-order valence-corrected chi connectivity index (χ1v) is 11.2. The van der Waals surface area contributed by atoms with E-state index in [9.17, 15) is 17.6 Å². The summed E-state index contributed by atoms with van der Waals surface area (Å²) in [5.41, 5.74) is 2.28. The molecule has 31 heavy (non-hydrogen) atoms. The molecule has 2 heterocycles. The Bertz CT molecular complexity index is 1210. The number of carbonyl (C=O) groups excluding carboxylic acids is 1. The Labute approximate surface area is 184 Å². The minimum absolute atomic E-state index is 0.0671. The zero-order valence-corrected chi connectivity index (χ0v) is 18.1. The van der Waals surface area contributed by atoms with Crippen molar-refractivity contribution in [2.24, 2.45) is 0 Å². The van der Waals surface area contributed by atoms with Crippen molar-refractivity contribution < 1.29 is 22.3 Å². The first-order chi connectivity index (χ1) is 14.8. The molecule has 1 aromatic heterocycles. The van der Waals surface area contributed by atoms with Gasteiger partial charge in [-0.3, -0.25) is 4.79 Å². The Kier molecular flexibility index (Phi) is 5.83. The first kappa shape index (κ1) is 21.5. The number of esters is 1. The number of nitrogens with zero attached hydrogens (tertiary/aromatic N) is 3. The Morgan fingerprint density at radius 3 is 2.52 bits per heavy atom. The van der Waals surface area contributed by atoms with Gasteiger partial charge < -0.3 is 9.30 Å². The van der Waals surface area contributed by atoms with Gasteiger partial charge in [0.05, 0.1) is 36.3 Å². The quantitative estimate of drug-likeness (QED) is 0.543. The van der Waals surface area contributed by atoms with Crippen molar-refractivity contribution in [1.82, 2.24) is 13.9 Å². The van der Waals surface area contributed by atoms with Crippen molar-refractivity contribution in [1.29, 1.82) is 0 Å². The maximum atomic E-state index is 13.3. The van der Waals surface area contributed by atoms with Crippen LogP contribution < -0.4 is 0 Å². The van der Waals surface area contributed by atoms with Crippen molar-refractivity contribution in [2.75, 3.05) is 7.11 Å². The highest BCUT2D eigenvalue weighted by Crippen LogP contribution is 2.30. The smallest absolute Gasteiger partial charge is 0.324 e. The monoisotopic (exact) mass is 463 g/mol. The van der Waals surface area contributed by atoms with Crippen LogP contribution in [0.1, 0.15) is 17.0 Å². The fourth-order valence-electron chi connectivity index (χ4n) is 3.60. The lowest BCUT2D eigenvalue weighted by Crippen LogP contribution is -2.49. The standard InChI is InChI=1S/C21H19ClFN3O4S/c1-30-21(27)19-10-18-20(25(13-24-18)11-14-2-4-15(22)5-3-14)12-26(19)31(28,29)17-8-6-16(23)7-9-17/h2-9,13,19H,10-12H2,1H3/t19-/m0/s1. The molecule has 162 valence electrons. The van der Waals surface area contributed by atoms with Crippen molar-refractivity contribution >= 4 is 27.6 Å². The number of benzene rings is 2. The summed E-state index contributed by atoms with van der Waals surface area (Å²) in [5.74, 6) is -1.23. The molecule has 10 heteroatoms. The summed E-state index contributed by atoms with van der Waals surface area (Å²) >= 11 is 5.95. The molecule has 0 saturated carbocycles. The van der Waals surface area contributed by atoms with E-state index >= 15 is 0 Å². The fraction of sp³-hybridized carbons (Fsp3) is 0.238. The average molecular weight is 464 g/mol. The largest absolute Gasteiger partial charge is 0.468 e. The van der Waals surface area contributed by atoms with Crippen LogP contribution in [0.15, 0.2) is 59.8 Å². The van der Waals surface area contributed by atoms with E-state index in [1.54, 1.807) is 18.5 Å². The Morgan fingerprint density at radius 1 is 1.19 bits per heavy atom. The van der Waals surface area contributed by atoms with Gasteiger partial charge in [-0.25, -0.2) is 17.8 Å². The number of aromatic nitrogens is 2. The third kappa shape index (κ3) is 4.21. The topological polar surface area (TPSA) is 81.5 Å². The van der Waals surface area contributed by atoms with E-state index in [1.165, 1.54) is 19.2 Å². The number of sulfonamides is 1. The normalized spacial score (nSPS) is 16.7. The number of fused-ring (bicyclic) bond motifs is 1. The van der Waals surface area contributed by atoms with Crippen molar-refractivity contribution in [3.8, 4) is 0 Å². The van der Waals surface area contributed by atoms with E-state index in [0.717, 1.165) is 22.0 Å².